The maximum absolute atomic E-state index is 12.0. The van der Waals surface area contributed by atoms with Gasteiger partial charge in [0.2, 0.25) is 0 Å². The number of ketones is 1. The minimum Gasteiger partial charge on any atom is -0.304 e. The summed E-state index contributed by atoms with van der Waals surface area (Å²) in [5, 5.41) is 3.37. The molecular formula is C12H13BrN2O. The summed E-state index contributed by atoms with van der Waals surface area (Å²) in [5.41, 5.74) is 0.849. The van der Waals surface area contributed by atoms with Gasteiger partial charge in [-0.05, 0) is 46.8 Å². The van der Waals surface area contributed by atoms with Crippen molar-refractivity contribution in [3.63, 3.8) is 0 Å². The Labute approximate surface area is 103 Å². The predicted molar refractivity (Wildman–Crippen MR) is 64.1 cm³/mol. The summed E-state index contributed by atoms with van der Waals surface area (Å²) < 4.78 is 0.792. The summed E-state index contributed by atoms with van der Waals surface area (Å²) in [5.74, 6) is 1.04. The molecule has 1 N–H and O–H groups in total. The molecule has 0 radical (unpaired) electrons. The number of rotatable bonds is 3. The van der Waals surface area contributed by atoms with E-state index in [0.717, 1.165) is 22.6 Å². The van der Waals surface area contributed by atoms with Gasteiger partial charge in [0.15, 0.2) is 5.78 Å². The van der Waals surface area contributed by atoms with E-state index in [1.807, 2.05) is 18.2 Å². The Balaban J connectivity index is 1.64. The molecule has 1 aliphatic carbocycles. The zero-order valence-electron chi connectivity index (χ0n) is 8.82. The van der Waals surface area contributed by atoms with E-state index in [4.69, 9.17) is 0 Å². The van der Waals surface area contributed by atoms with Gasteiger partial charge in [-0.3, -0.25) is 4.79 Å². The van der Waals surface area contributed by atoms with E-state index in [2.05, 4.69) is 26.2 Å². The SMILES string of the molecule is O=C(Cc1cccc(Br)n1)[C@@H]1C[C@H]2C[C@H]2N1. The van der Waals surface area contributed by atoms with E-state index in [9.17, 15) is 4.79 Å². The third kappa shape index (κ3) is 2.04. The number of piperidine rings is 1. The number of carbonyl (C=O) groups is 1. The topological polar surface area (TPSA) is 42.0 Å². The quantitative estimate of drug-likeness (QED) is 0.858. The molecular weight excluding hydrogens is 268 g/mol. The Morgan fingerprint density at radius 3 is 3.06 bits per heavy atom. The van der Waals surface area contributed by atoms with Gasteiger partial charge in [-0.15, -0.1) is 0 Å². The van der Waals surface area contributed by atoms with Crippen molar-refractivity contribution in [1.82, 2.24) is 10.3 Å². The van der Waals surface area contributed by atoms with Crippen molar-refractivity contribution in [2.24, 2.45) is 5.92 Å². The molecule has 2 aliphatic rings. The number of nitrogens with one attached hydrogen (secondary N) is 1. The van der Waals surface area contributed by atoms with Crippen molar-refractivity contribution >= 4 is 21.7 Å². The number of halogens is 1. The number of hydrogen-bond acceptors (Lipinski definition) is 3. The first kappa shape index (κ1) is 10.4. The van der Waals surface area contributed by atoms with Crippen LogP contribution in [0.1, 0.15) is 18.5 Å². The molecule has 1 aromatic heterocycles. The van der Waals surface area contributed by atoms with Crippen LogP contribution in [0.5, 0.6) is 0 Å². The third-order valence-electron chi connectivity index (χ3n) is 3.39. The van der Waals surface area contributed by atoms with Crippen molar-refractivity contribution < 1.29 is 4.79 Å². The van der Waals surface area contributed by atoms with Crippen molar-refractivity contribution in [2.45, 2.75) is 31.3 Å². The third-order valence-corrected chi connectivity index (χ3v) is 3.83. The number of aromatic nitrogens is 1. The molecule has 2 heterocycles. The van der Waals surface area contributed by atoms with Crippen molar-refractivity contribution in [3.05, 3.63) is 28.5 Å². The lowest BCUT2D eigenvalue weighted by molar-refractivity contribution is -0.120. The summed E-state index contributed by atoms with van der Waals surface area (Å²) >= 11 is 3.31. The van der Waals surface area contributed by atoms with E-state index in [-0.39, 0.29) is 11.8 Å². The monoisotopic (exact) mass is 280 g/mol. The van der Waals surface area contributed by atoms with Crippen molar-refractivity contribution in [1.29, 1.82) is 0 Å². The molecule has 0 amide bonds. The zero-order valence-corrected chi connectivity index (χ0v) is 10.4. The van der Waals surface area contributed by atoms with Gasteiger partial charge in [0, 0.05) is 11.7 Å². The number of fused-ring (bicyclic) bond motifs is 1. The van der Waals surface area contributed by atoms with Crippen LogP contribution in [0, 0.1) is 5.92 Å². The van der Waals surface area contributed by atoms with E-state index < -0.39 is 0 Å². The minimum atomic E-state index is 0.0736. The van der Waals surface area contributed by atoms with Crippen LogP contribution >= 0.6 is 15.9 Å². The highest BCUT2D eigenvalue weighted by Crippen LogP contribution is 2.40. The summed E-state index contributed by atoms with van der Waals surface area (Å²) in [7, 11) is 0. The van der Waals surface area contributed by atoms with Crippen molar-refractivity contribution in [3.8, 4) is 0 Å². The molecule has 3 atom stereocenters. The van der Waals surface area contributed by atoms with Gasteiger partial charge in [0.25, 0.3) is 0 Å². The van der Waals surface area contributed by atoms with Crippen LogP contribution in [0.4, 0.5) is 0 Å². The maximum Gasteiger partial charge on any atom is 0.155 e. The largest absolute Gasteiger partial charge is 0.304 e. The summed E-state index contributed by atoms with van der Waals surface area (Å²) in [6.07, 6.45) is 2.73. The van der Waals surface area contributed by atoms with E-state index in [1.54, 1.807) is 0 Å². The molecule has 16 heavy (non-hydrogen) atoms. The number of nitrogens with zero attached hydrogens (tertiary/aromatic N) is 1. The Morgan fingerprint density at radius 1 is 1.50 bits per heavy atom. The first-order valence-electron chi connectivity index (χ1n) is 5.62. The second-order valence-corrected chi connectivity index (χ2v) is 5.46. The molecule has 2 fully saturated rings. The highest BCUT2D eigenvalue weighted by molar-refractivity contribution is 9.10. The molecule has 1 saturated heterocycles. The minimum absolute atomic E-state index is 0.0736. The summed E-state index contributed by atoms with van der Waals surface area (Å²) in [6, 6.07) is 6.39. The van der Waals surface area contributed by atoms with Crippen LogP contribution < -0.4 is 5.32 Å². The fourth-order valence-corrected chi connectivity index (χ4v) is 2.80. The molecule has 0 bridgehead atoms. The number of hydrogen-bond donors (Lipinski definition) is 1. The van der Waals surface area contributed by atoms with Crippen LogP contribution in [0.3, 0.4) is 0 Å². The van der Waals surface area contributed by atoms with Crippen LogP contribution in [0.15, 0.2) is 22.8 Å². The van der Waals surface area contributed by atoms with Crippen LogP contribution in [-0.4, -0.2) is 22.9 Å². The van der Waals surface area contributed by atoms with Gasteiger partial charge in [0.05, 0.1) is 12.5 Å². The molecule has 3 rings (SSSR count). The molecule has 0 spiro atoms. The molecule has 0 aromatic carbocycles. The van der Waals surface area contributed by atoms with Gasteiger partial charge in [0.1, 0.15) is 4.60 Å². The smallest absolute Gasteiger partial charge is 0.155 e. The van der Waals surface area contributed by atoms with Gasteiger partial charge in [-0.25, -0.2) is 4.98 Å². The second kappa shape index (κ2) is 3.93. The molecule has 4 heteroatoms. The first-order valence-corrected chi connectivity index (χ1v) is 6.42. The lowest BCUT2D eigenvalue weighted by Gasteiger charge is -2.11. The number of Topliss-reactive ketones (excluding diaryl/α,β-unsaturated/α-hetero) is 1. The van der Waals surface area contributed by atoms with Crippen LogP contribution in [-0.2, 0) is 11.2 Å². The fraction of sp³-hybridized carbons (Fsp3) is 0.500. The molecule has 1 aliphatic heterocycles. The Bertz CT molecular complexity index is 425. The van der Waals surface area contributed by atoms with Gasteiger partial charge in [-0.2, -0.15) is 0 Å². The number of carbonyl (C=O) groups excluding carboxylic acids is 1. The standard InChI is InChI=1S/C12H13BrN2O/c13-12-3-1-2-8(14-12)6-11(16)10-5-7-4-9(7)15-10/h1-3,7,9-10,15H,4-6H2/t7-,9-,10+/m1/s1. The van der Waals surface area contributed by atoms with Crippen molar-refractivity contribution in [2.75, 3.05) is 0 Å². The molecule has 3 nitrogen and oxygen atoms in total. The van der Waals surface area contributed by atoms with E-state index in [1.165, 1.54) is 6.42 Å². The van der Waals surface area contributed by atoms with E-state index in [0.29, 0.717) is 12.5 Å². The average molecular weight is 281 g/mol. The highest BCUT2D eigenvalue weighted by atomic mass is 79.9. The molecule has 1 saturated carbocycles. The lowest BCUT2D eigenvalue weighted by Crippen LogP contribution is -2.35. The maximum atomic E-state index is 12.0. The Morgan fingerprint density at radius 2 is 2.38 bits per heavy atom. The molecule has 0 unspecified atom stereocenters. The van der Waals surface area contributed by atoms with Gasteiger partial charge < -0.3 is 5.32 Å². The lowest BCUT2D eigenvalue weighted by atomic mass is 10.0. The summed E-state index contributed by atoms with van der Waals surface area (Å²) in [4.78, 5) is 16.3. The van der Waals surface area contributed by atoms with Gasteiger partial charge in [-0.1, -0.05) is 6.07 Å². The highest BCUT2D eigenvalue weighted by Gasteiger charge is 2.47. The Hall–Kier alpha value is -0.740. The Kier molecular flexibility index (Phi) is 2.56. The van der Waals surface area contributed by atoms with E-state index >= 15 is 0 Å². The van der Waals surface area contributed by atoms with Crippen LogP contribution in [0.25, 0.3) is 0 Å². The fourth-order valence-electron chi connectivity index (χ4n) is 2.42. The average Bonchev–Trinajstić information content (AvgIpc) is 2.86. The summed E-state index contributed by atoms with van der Waals surface area (Å²) in [6.45, 7) is 0. The molecule has 84 valence electrons. The zero-order chi connectivity index (χ0) is 11.1. The molecule has 1 aromatic rings. The second-order valence-electron chi connectivity index (χ2n) is 4.65. The first-order chi connectivity index (χ1) is 7.72. The predicted octanol–water partition coefficient (Wildman–Crippen LogP) is 1.71. The normalized spacial score (nSPS) is 31.2. The number of pyridine rings is 1. The van der Waals surface area contributed by atoms with Crippen LogP contribution in [0.2, 0.25) is 0 Å². The van der Waals surface area contributed by atoms with Gasteiger partial charge >= 0.3 is 0 Å².